The SMILES string of the molecule is CC(C)C1(C(=O)O)CCN(C(=O)c2ccc3nccn3c2)C1. The maximum absolute atomic E-state index is 12.6. The monoisotopic (exact) mass is 301 g/mol. The number of amides is 1. The van der Waals surface area contributed by atoms with E-state index < -0.39 is 11.4 Å². The number of aromatic nitrogens is 2. The molecular formula is C16H19N3O3. The van der Waals surface area contributed by atoms with E-state index in [0.717, 1.165) is 5.65 Å². The summed E-state index contributed by atoms with van der Waals surface area (Å²) in [4.78, 5) is 30.1. The van der Waals surface area contributed by atoms with Crippen molar-refractivity contribution in [3.63, 3.8) is 0 Å². The number of imidazole rings is 1. The number of rotatable bonds is 3. The number of fused-ring (bicyclic) bond motifs is 1. The van der Waals surface area contributed by atoms with Crippen molar-refractivity contribution in [2.45, 2.75) is 20.3 Å². The molecule has 116 valence electrons. The highest BCUT2D eigenvalue weighted by molar-refractivity contribution is 5.95. The number of hydrogen-bond acceptors (Lipinski definition) is 3. The second-order valence-electron chi connectivity index (χ2n) is 6.20. The summed E-state index contributed by atoms with van der Waals surface area (Å²) in [7, 11) is 0. The Balaban J connectivity index is 1.85. The van der Waals surface area contributed by atoms with Crippen molar-refractivity contribution in [2.24, 2.45) is 11.3 Å². The van der Waals surface area contributed by atoms with Gasteiger partial charge in [0, 0.05) is 31.7 Å². The van der Waals surface area contributed by atoms with Gasteiger partial charge in [-0.1, -0.05) is 13.8 Å². The van der Waals surface area contributed by atoms with Gasteiger partial charge in [-0.2, -0.15) is 0 Å². The summed E-state index contributed by atoms with van der Waals surface area (Å²) in [6.07, 6.45) is 5.69. The van der Waals surface area contributed by atoms with Crippen molar-refractivity contribution in [2.75, 3.05) is 13.1 Å². The first-order valence-corrected chi connectivity index (χ1v) is 7.39. The quantitative estimate of drug-likeness (QED) is 0.939. The van der Waals surface area contributed by atoms with Crippen LogP contribution in [0.15, 0.2) is 30.7 Å². The average Bonchev–Trinajstić information content (AvgIpc) is 3.13. The number of nitrogens with zero attached hydrogens (tertiary/aromatic N) is 3. The summed E-state index contributed by atoms with van der Waals surface area (Å²) in [6, 6.07) is 3.52. The first kappa shape index (κ1) is 14.6. The van der Waals surface area contributed by atoms with Crippen LogP contribution in [0.25, 0.3) is 5.65 Å². The minimum Gasteiger partial charge on any atom is -0.481 e. The first-order chi connectivity index (χ1) is 10.4. The van der Waals surface area contributed by atoms with Gasteiger partial charge in [-0.15, -0.1) is 0 Å². The second kappa shape index (κ2) is 5.12. The van der Waals surface area contributed by atoms with E-state index in [-0.39, 0.29) is 18.4 Å². The summed E-state index contributed by atoms with van der Waals surface area (Å²) < 4.78 is 1.79. The van der Waals surface area contributed by atoms with E-state index in [9.17, 15) is 14.7 Å². The number of pyridine rings is 1. The Bertz CT molecular complexity index is 737. The number of carboxylic acid groups (broad SMARTS) is 1. The fourth-order valence-electron chi connectivity index (χ4n) is 3.13. The number of carbonyl (C=O) groups is 2. The maximum atomic E-state index is 12.6. The van der Waals surface area contributed by atoms with E-state index in [1.807, 2.05) is 13.8 Å². The molecule has 0 saturated carbocycles. The number of aliphatic carboxylic acids is 1. The van der Waals surface area contributed by atoms with Crippen LogP contribution in [0.4, 0.5) is 0 Å². The zero-order chi connectivity index (χ0) is 15.9. The Kier molecular flexibility index (Phi) is 3.39. The fourth-order valence-corrected chi connectivity index (χ4v) is 3.13. The van der Waals surface area contributed by atoms with E-state index in [0.29, 0.717) is 18.5 Å². The molecule has 0 spiro atoms. The van der Waals surface area contributed by atoms with Crippen molar-refractivity contribution < 1.29 is 14.7 Å². The van der Waals surface area contributed by atoms with E-state index in [1.165, 1.54) is 0 Å². The lowest BCUT2D eigenvalue weighted by Gasteiger charge is -2.28. The molecule has 3 heterocycles. The second-order valence-corrected chi connectivity index (χ2v) is 6.20. The molecule has 1 aliphatic heterocycles. The third kappa shape index (κ3) is 2.15. The molecule has 1 N–H and O–H groups in total. The van der Waals surface area contributed by atoms with Crippen LogP contribution in [0.3, 0.4) is 0 Å². The molecule has 1 unspecified atom stereocenters. The molecule has 22 heavy (non-hydrogen) atoms. The Labute approximate surface area is 128 Å². The van der Waals surface area contributed by atoms with Crippen LogP contribution in [0.5, 0.6) is 0 Å². The summed E-state index contributed by atoms with van der Waals surface area (Å²) >= 11 is 0. The molecule has 3 rings (SSSR count). The Morgan fingerprint density at radius 3 is 2.77 bits per heavy atom. The van der Waals surface area contributed by atoms with Crippen molar-refractivity contribution >= 4 is 17.5 Å². The molecule has 1 saturated heterocycles. The molecule has 1 atom stereocenters. The lowest BCUT2D eigenvalue weighted by atomic mass is 9.76. The molecule has 2 aromatic heterocycles. The topological polar surface area (TPSA) is 74.9 Å². The van der Waals surface area contributed by atoms with Gasteiger partial charge < -0.3 is 14.4 Å². The van der Waals surface area contributed by atoms with Gasteiger partial charge in [0.15, 0.2) is 0 Å². The minimum absolute atomic E-state index is 0.0149. The van der Waals surface area contributed by atoms with Crippen LogP contribution in [-0.4, -0.2) is 44.4 Å². The first-order valence-electron chi connectivity index (χ1n) is 7.39. The van der Waals surface area contributed by atoms with Crippen LogP contribution in [-0.2, 0) is 4.79 Å². The van der Waals surface area contributed by atoms with Crippen molar-refractivity contribution in [3.8, 4) is 0 Å². The Morgan fingerprint density at radius 1 is 1.36 bits per heavy atom. The highest BCUT2D eigenvalue weighted by Crippen LogP contribution is 2.38. The lowest BCUT2D eigenvalue weighted by Crippen LogP contribution is -2.40. The third-order valence-corrected chi connectivity index (χ3v) is 4.75. The van der Waals surface area contributed by atoms with Gasteiger partial charge >= 0.3 is 5.97 Å². The summed E-state index contributed by atoms with van der Waals surface area (Å²) in [6.45, 7) is 4.55. The molecule has 1 fully saturated rings. The molecule has 0 aromatic carbocycles. The number of carbonyl (C=O) groups excluding carboxylic acids is 1. The molecule has 2 aromatic rings. The molecule has 6 heteroatoms. The van der Waals surface area contributed by atoms with Gasteiger partial charge in [0.1, 0.15) is 5.65 Å². The molecule has 0 aliphatic carbocycles. The lowest BCUT2D eigenvalue weighted by molar-refractivity contribution is -0.150. The van der Waals surface area contributed by atoms with Gasteiger partial charge in [-0.3, -0.25) is 9.59 Å². The van der Waals surface area contributed by atoms with E-state index in [1.54, 1.807) is 40.0 Å². The Morgan fingerprint density at radius 2 is 2.14 bits per heavy atom. The highest BCUT2D eigenvalue weighted by Gasteiger charge is 2.48. The minimum atomic E-state index is -0.839. The molecular weight excluding hydrogens is 282 g/mol. The smallest absolute Gasteiger partial charge is 0.311 e. The van der Waals surface area contributed by atoms with E-state index in [2.05, 4.69) is 4.98 Å². The standard InChI is InChI=1S/C16H19N3O3/c1-11(2)16(15(21)22)5-7-19(10-16)14(20)12-3-4-13-17-6-8-18(13)9-12/h3-4,6,8-9,11H,5,7,10H2,1-2H3,(H,21,22). The van der Waals surface area contributed by atoms with Crippen LogP contribution in [0, 0.1) is 11.3 Å². The third-order valence-electron chi connectivity index (χ3n) is 4.75. The summed E-state index contributed by atoms with van der Waals surface area (Å²) in [5.41, 5.74) is 0.491. The van der Waals surface area contributed by atoms with Crippen LogP contribution in [0.2, 0.25) is 0 Å². The molecule has 0 bridgehead atoms. The van der Waals surface area contributed by atoms with Crippen molar-refractivity contribution in [1.29, 1.82) is 0 Å². The van der Waals surface area contributed by atoms with Gasteiger partial charge in [-0.25, -0.2) is 4.98 Å². The molecule has 1 amide bonds. The predicted molar refractivity (Wildman–Crippen MR) is 80.6 cm³/mol. The predicted octanol–water partition coefficient (Wildman–Crippen LogP) is 1.91. The van der Waals surface area contributed by atoms with Gasteiger partial charge in [0.2, 0.25) is 0 Å². The van der Waals surface area contributed by atoms with Gasteiger partial charge in [0.05, 0.1) is 11.0 Å². The van der Waals surface area contributed by atoms with Gasteiger partial charge in [0.25, 0.3) is 5.91 Å². The molecule has 6 nitrogen and oxygen atoms in total. The summed E-state index contributed by atoms with van der Waals surface area (Å²) in [5.74, 6) is -0.957. The van der Waals surface area contributed by atoms with Gasteiger partial charge in [-0.05, 0) is 24.5 Å². The highest BCUT2D eigenvalue weighted by atomic mass is 16.4. The Hall–Kier alpha value is -2.37. The largest absolute Gasteiger partial charge is 0.481 e. The average molecular weight is 301 g/mol. The number of carboxylic acids is 1. The normalized spacial score (nSPS) is 21.7. The maximum Gasteiger partial charge on any atom is 0.311 e. The molecule has 1 aliphatic rings. The van der Waals surface area contributed by atoms with Crippen molar-refractivity contribution in [3.05, 3.63) is 36.3 Å². The number of hydrogen-bond donors (Lipinski definition) is 1. The zero-order valence-electron chi connectivity index (χ0n) is 12.7. The fraction of sp³-hybridized carbons (Fsp3) is 0.438. The van der Waals surface area contributed by atoms with Crippen molar-refractivity contribution in [1.82, 2.24) is 14.3 Å². The van der Waals surface area contributed by atoms with Crippen LogP contribution >= 0.6 is 0 Å². The number of likely N-dealkylation sites (tertiary alicyclic amines) is 1. The zero-order valence-corrected chi connectivity index (χ0v) is 12.7. The molecule has 0 radical (unpaired) electrons. The van der Waals surface area contributed by atoms with Crippen LogP contribution < -0.4 is 0 Å². The van der Waals surface area contributed by atoms with Crippen LogP contribution in [0.1, 0.15) is 30.6 Å². The summed E-state index contributed by atoms with van der Waals surface area (Å²) in [5, 5.41) is 9.57. The van der Waals surface area contributed by atoms with E-state index >= 15 is 0 Å². The van der Waals surface area contributed by atoms with E-state index in [4.69, 9.17) is 0 Å².